The van der Waals surface area contributed by atoms with E-state index in [-0.39, 0.29) is 0 Å². The summed E-state index contributed by atoms with van der Waals surface area (Å²) < 4.78 is 0. The highest BCUT2D eigenvalue weighted by Gasteiger charge is 2.32. The van der Waals surface area contributed by atoms with Crippen molar-refractivity contribution in [2.45, 2.75) is 57.9 Å². The number of piperidine rings is 1. The highest BCUT2D eigenvalue weighted by Crippen LogP contribution is 2.41. The smallest absolute Gasteiger partial charge is 0.0379 e. The lowest BCUT2D eigenvalue weighted by molar-refractivity contribution is 0.108. The topological polar surface area (TPSA) is 3.24 Å². The van der Waals surface area contributed by atoms with Gasteiger partial charge in [-0.3, -0.25) is 4.90 Å². The molecule has 3 rings (SSSR count). The molecule has 0 saturated carbocycles. The molecular formula is C24H33N. The van der Waals surface area contributed by atoms with Crippen LogP contribution in [0.5, 0.6) is 0 Å². The van der Waals surface area contributed by atoms with Crippen molar-refractivity contribution in [1.82, 2.24) is 4.90 Å². The SMILES string of the molecule is CCCC(c1ccccc1)C(C)C(c1ccccc1)N1CCCCC1. The largest absolute Gasteiger partial charge is 0.296 e. The van der Waals surface area contributed by atoms with E-state index in [1.165, 1.54) is 56.3 Å². The van der Waals surface area contributed by atoms with E-state index >= 15 is 0 Å². The molecule has 0 aliphatic carbocycles. The molecule has 134 valence electrons. The van der Waals surface area contributed by atoms with Gasteiger partial charge in [0.25, 0.3) is 0 Å². The summed E-state index contributed by atoms with van der Waals surface area (Å²) in [5.41, 5.74) is 3.00. The minimum atomic E-state index is 0.526. The summed E-state index contributed by atoms with van der Waals surface area (Å²) >= 11 is 0. The Bertz CT molecular complexity index is 601. The number of hydrogen-bond acceptors (Lipinski definition) is 1. The van der Waals surface area contributed by atoms with Crippen molar-refractivity contribution < 1.29 is 0 Å². The Morgan fingerprint density at radius 2 is 1.36 bits per heavy atom. The minimum Gasteiger partial charge on any atom is -0.296 e. The van der Waals surface area contributed by atoms with E-state index in [1.807, 2.05) is 0 Å². The van der Waals surface area contributed by atoms with E-state index in [2.05, 4.69) is 79.4 Å². The maximum absolute atomic E-state index is 2.76. The number of benzene rings is 2. The molecule has 0 spiro atoms. The average molecular weight is 336 g/mol. The lowest BCUT2D eigenvalue weighted by atomic mass is 9.77. The second kappa shape index (κ2) is 9.20. The first-order valence-electron chi connectivity index (χ1n) is 10.1. The van der Waals surface area contributed by atoms with Gasteiger partial charge in [-0.25, -0.2) is 0 Å². The van der Waals surface area contributed by atoms with Gasteiger partial charge in [0.2, 0.25) is 0 Å². The standard InChI is InChI=1S/C24H33N/c1-3-13-23(21-14-7-4-8-15-21)20(2)24(22-16-9-5-10-17-22)25-18-11-6-12-19-25/h4-5,7-10,14-17,20,23-24H,3,6,11-13,18-19H2,1-2H3. The molecule has 0 aromatic heterocycles. The van der Waals surface area contributed by atoms with Crippen LogP contribution in [0.15, 0.2) is 60.7 Å². The Labute approximate surface area is 154 Å². The lowest BCUT2D eigenvalue weighted by Crippen LogP contribution is -2.38. The van der Waals surface area contributed by atoms with Gasteiger partial charge in [-0.05, 0) is 55.3 Å². The molecule has 3 atom stereocenters. The fourth-order valence-electron chi connectivity index (χ4n) is 4.66. The van der Waals surface area contributed by atoms with E-state index < -0.39 is 0 Å². The zero-order chi connectivity index (χ0) is 17.5. The van der Waals surface area contributed by atoms with Crippen LogP contribution in [0.1, 0.15) is 69.0 Å². The predicted molar refractivity (Wildman–Crippen MR) is 108 cm³/mol. The van der Waals surface area contributed by atoms with E-state index in [9.17, 15) is 0 Å². The van der Waals surface area contributed by atoms with Crippen LogP contribution >= 0.6 is 0 Å². The van der Waals surface area contributed by atoms with Crippen LogP contribution < -0.4 is 0 Å². The first kappa shape index (κ1) is 18.2. The van der Waals surface area contributed by atoms with E-state index in [1.54, 1.807) is 0 Å². The van der Waals surface area contributed by atoms with E-state index in [0.29, 0.717) is 17.9 Å². The number of nitrogens with zero attached hydrogens (tertiary/aromatic N) is 1. The molecule has 1 saturated heterocycles. The summed E-state index contributed by atoms with van der Waals surface area (Å²) in [6.07, 6.45) is 6.59. The van der Waals surface area contributed by atoms with Gasteiger partial charge in [-0.2, -0.15) is 0 Å². The Balaban J connectivity index is 1.92. The minimum absolute atomic E-state index is 0.526. The molecule has 3 unspecified atom stereocenters. The van der Waals surface area contributed by atoms with Gasteiger partial charge in [-0.1, -0.05) is 87.4 Å². The molecule has 1 aliphatic rings. The summed E-state index contributed by atoms with van der Waals surface area (Å²) in [7, 11) is 0. The van der Waals surface area contributed by atoms with Crippen LogP contribution in [0, 0.1) is 5.92 Å². The van der Waals surface area contributed by atoms with Crippen LogP contribution in [-0.2, 0) is 0 Å². The molecule has 0 bridgehead atoms. The first-order valence-corrected chi connectivity index (χ1v) is 10.1. The molecule has 2 aromatic carbocycles. The van der Waals surface area contributed by atoms with Crippen molar-refractivity contribution in [2.24, 2.45) is 5.92 Å². The quantitative estimate of drug-likeness (QED) is 0.563. The fourth-order valence-corrected chi connectivity index (χ4v) is 4.66. The molecular weight excluding hydrogens is 302 g/mol. The molecule has 0 N–H and O–H groups in total. The van der Waals surface area contributed by atoms with Crippen molar-refractivity contribution in [3.63, 3.8) is 0 Å². The predicted octanol–water partition coefficient (Wildman–Crippen LogP) is 6.43. The van der Waals surface area contributed by atoms with Crippen LogP contribution in [0.25, 0.3) is 0 Å². The van der Waals surface area contributed by atoms with Crippen LogP contribution in [0.2, 0.25) is 0 Å². The van der Waals surface area contributed by atoms with Gasteiger partial charge in [0.1, 0.15) is 0 Å². The molecule has 1 nitrogen and oxygen atoms in total. The van der Waals surface area contributed by atoms with E-state index in [4.69, 9.17) is 0 Å². The van der Waals surface area contributed by atoms with Crippen molar-refractivity contribution in [3.8, 4) is 0 Å². The van der Waals surface area contributed by atoms with Crippen LogP contribution in [0.3, 0.4) is 0 Å². The Morgan fingerprint density at radius 1 is 0.800 bits per heavy atom. The van der Waals surface area contributed by atoms with Gasteiger partial charge >= 0.3 is 0 Å². The second-order valence-electron chi connectivity index (χ2n) is 7.62. The maximum atomic E-state index is 2.76. The molecule has 1 aliphatic heterocycles. The Morgan fingerprint density at radius 3 is 1.92 bits per heavy atom. The van der Waals surface area contributed by atoms with Gasteiger partial charge in [0, 0.05) is 6.04 Å². The van der Waals surface area contributed by atoms with Crippen LogP contribution in [0.4, 0.5) is 0 Å². The third kappa shape index (κ3) is 4.52. The average Bonchev–Trinajstić information content (AvgIpc) is 2.68. The summed E-state index contributed by atoms with van der Waals surface area (Å²) in [6, 6.07) is 22.9. The number of rotatable bonds is 7. The van der Waals surface area contributed by atoms with Crippen molar-refractivity contribution >= 4 is 0 Å². The van der Waals surface area contributed by atoms with E-state index in [0.717, 1.165) is 0 Å². The van der Waals surface area contributed by atoms with Crippen molar-refractivity contribution in [3.05, 3.63) is 71.8 Å². The molecule has 1 heteroatoms. The third-order valence-electron chi connectivity index (χ3n) is 5.89. The lowest BCUT2D eigenvalue weighted by Gasteiger charge is -2.41. The van der Waals surface area contributed by atoms with Gasteiger partial charge in [0.15, 0.2) is 0 Å². The zero-order valence-corrected chi connectivity index (χ0v) is 15.9. The molecule has 2 aromatic rings. The fraction of sp³-hybridized carbons (Fsp3) is 0.500. The summed E-state index contributed by atoms with van der Waals surface area (Å²) in [5, 5.41) is 0. The first-order chi connectivity index (χ1) is 12.3. The zero-order valence-electron chi connectivity index (χ0n) is 15.9. The molecule has 0 amide bonds. The molecule has 25 heavy (non-hydrogen) atoms. The van der Waals surface area contributed by atoms with Crippen molar-refractivity contribution in [2.75, 3.05) is 13.1 Å². The summed E-state index contributed by atoms with van der Waals surface area (Å²) in [5.74, 6) is 1.24. The second-order valence-corrected chi connectivity index (χ2v) is 7.62. The number of hydrogen-bond donors (Lipinski definition) is 0. The maximum Gasteiger partial charge on any atom is 0.0379 e. The molecule has 0 radical (unpaired) electrons. The summed E-state index contributed by atoms with van der Waals surface area (Å²) in [6.45, 7) is 7.30. The molecule has 1 fully saturated rings. The highest BCUT2D eigenvalue weighted by atomic mass is 15.2. The summed E-state index contributed by atoms with van der Waals surface area (Å²) in [4.78, 5) is 2.76. The monoisotopic (exact) mass is 335 g/mol. The third-order valence-corrected chi connectivity index (χ3v) is 5.89. The van der Waals surface area contributed by atoms with Gasteiger partial charge in [0.05, 0.1) is 0 Å². The van der Waals surface area contributed by atoms with Crippen LogP contribution in [-0.4, -0.2) is 18.0 Å². The Kier molecular flexibility index (Phi) is 6.69. The van der Waals surface area contributed by atoms with Gasteiger partial charge < -0.3 is 0 Å². The number of likely N-dealkylation sites (tertiary alicyclic amines) is 1. The Hall–Kier alpha value is -1.60. The molecule has 1 heterocycles. The highest BCUT2D eigenvalue weighted by molar-refractivity contribution is 5.25. The van der Waals surface area contributed by atoms with Gasteiger partial charge in [-0.15, -0.1) is 0 Å². The normalized spacial score (nSPS) is 19.3. The van der Waals surface area contributed by atoms with Crippen molar-refractivity contribution in [1.29, 1.82) is 0 Å².